The van der Waals surface area contributed by atoms with E-state index in [-0.39, 0.29) is 5.54 Å². The first-order valence-electron chi connectivity index (χ1n) is 6.94. The second kappa shape index (κ2) is 5.02. The van der Waals surface area contributed by atoms with Gasteiger partial charge in [-0.15, -0.1) is 0 Å². The van der Waals surface area contributed by atoms with Gasteiger partial charge in [-0.3, -0.25) is 0 Å². The predicted octanol–water partition coefficient (Wildman–Crippen LogP) is 2.58. The van der Waals surface area contributed by atoms with E-state index in [2.05, 4.69) is 44.9 Å². The zero-order valence-electron chi connectivity index (χ0n) is 12.2. The Labute approximate surface area is 111 Å². The van der Waals surface area contributed by atoms with Crippen molar-refractivity contribution in [3.63, 3.8) is 0 Å². The van der Waals surface area contributed by atoms with Crippen LogP contribution in [0.2, 0.25) is 0 Å². The van der Waals surface area contributed by atoms with Crippen LogP contribution in [0.5, 0.6) is 0 Å². The number of likely N-dealkylation sites (tertiary alicyclic amines) is 1. The molecule has 0 spiro atoms. The van der Waals surface area contributed by atoms with E-state index in [0.717, 1.165) is 32.4 Å². The number of hydrogen-bond acceptors (Lipinski definition) is 2. The summed E-state index contributed by atoms with van der Waals surface area (Å²) in [7, 11) is 2.18. The second-order valence-electron chi connectivity index (χ2n) is 6.22. The summed E-state index contributed by atoms with van der Waals surface area (Å²) in [5.74, 6) is 0. The van der Waals surface area contributed by atoms with Crippen molar-refractivity contribution in [2.45, 2.75) is 45.6 Å². The highest BCUT2D eigenvalue weighted by Crippen LogP contribution is 2.27. The number of rotatable bonds is 2. The molecule has 100 valence electrons. The molecule has 2 rings (SSSR count). The molecule has 0 bridgehead atoms. The van der Waals surface area contributed by atoms with Crippen LogP contribution < -0.4 is 5.73 Å². The fourth-order valence-corrected chi connectivity index (χ4v) is 3.08. The second-order valence-corrected chi connectivity index (χ2v) is 6.22. The van der Waals surface area contributed by atoms with Gasteiger partial charge >= 0.3 is 0 Å². The smallest absolute Gasteiger partial charge is 0.0219 e. The first kappa shape index (κ1) is 13.6. The molecule has 1 aromatic carbocycles. The molecule has 1 aliphatic heterocycles. The minimum absolute atomic E-state index is 0.00269. The van der Waals surface area contributed by atoms with Crippen LogP contribution in [-0.2, 0) is 6.42 Å². The maximum absolute atomic E-state index is 6.60. The minimum Gasteiger partial charge on any atom is -0.325 e. The Morgan fingerprint density at radius 2 is 1.61 bits per heavy atom. The van der Waals surface area contributed by atoms with Crippen molar-refractivity contribution in [1.29, 1.82) is 0 Å². The van der Waals surface area contributed by atoms with Crippen molar-refractivity contribution in [2.24, 2.45) is 5.73 Å². The maximum atomic E-state index is 6.60. The average Bonchev–Trinajstić information content (AvgIpc) is 2.28. The molecule has 1 saturated heterocycles. The van der Waals surface area contributed by atoms with Gasteiger partial charge in [0.2, 0.25) is 0 Å². The maximum Gasteiger partial charge on any atom is 0.0219 e. The number of nitrogens with two attached hydrogens (primary N) is 1. The normalized spacial score (nSPS) is 20.1. The molecule has 0 atom stereocenters. The van der Waals surface area contributed by atoms with E-state index >= 15 is 0 Å². The lowest BCUT2D eigenvalue weighted by atomic mass is 9.80. The van der Waals surface area contributed by atoms with Crippen molar-refractivity contribution in [3.8, 4) is 0 Å². The molecule has 1 fully saturated rings. The summed E-state index contributed by atoms with van der Waals surface area (Å²) >= 11 is 0. The van der Waals surface area contributed by atoms with E-state index in [1.807, 2.05) is 0 Å². The Kier molecular flexibility index (Phi) is 3.79. The Morgan fingerprint density at radius 3 is 2.11 bits per heavy atom. The molecule has 0 amide bonds. The van der Waals surface area contributed by atoms with Crippen LogP contribution >= 0.6 is 0 Å². The molecule has 1 aliphatic rings. The molecule has 0 aromatic heterocycles. The summed E-state index contributed by atoms with van der Waals surface area (Å²) in [4.78, 5) is 2.37. The number of benzene rings is 1. The molecule has 2 nitrogen and oxygen atoms in total. The van der Waals surface area contributed by atoms with Crippen molar-refractivity contribution < 1.29 is 0 Å². The molecular weight excluding hydrogens is 220 g/mol. The molecular formula is C16H26N2. The summed E-state index contributed by atoms with van der Waals surface area (Å²) in [6, 6.07) is 4.56. The number of piperidine rings is 1. The number of nitrogens with zero attached hydrogens (tertiary/aromatic N) is 1. The third kappa shape index (κ3) is 2.93. The van der Waals surface area contributed by atoms with Gasteiger partial charge < -0.3 is 10.6 Å². The van der Waals surface area contributed by atoms with Gasteiger partial charge in [-0.05, 0) is 76.9 Å². The predicted molar refractivity (Wildman–Crippen MR) is 78.0 cm³/mol. The van der Waals surface area contributed by atoms with Crippen LogP contribution in [0.1, 0.15) is 35.1 Å². The zero-order valence-corrected chi connectivity index (χ0v) is 12.2. The van der Waals surface area contributed by atoms with E-state index in [1.54, 1.807) is 0 Å². The lowest BCUT2D eigenvalue weighted by Crippen LogP contribution is -2.51. The van der Waals surface area contributed by atoms with Crippen LogP contribution in [0.3, 0.4) is 0 Å². The third-order valence-corrected chi connectivity index (χ3v) is 4.35. The van der Waals surface area contributed by atoms with Gasteiger partial charge in [0.05, 0.1) is 0 Å². The topological polar surface area (TPSA) is 29.3 Å². The highest BCUT2D eigenvalue weighted by molar-refractivity contribution is 5.38. The van der Waals surface area contributed by atoms with Gasteiger partial charge in [0.15, 0.2) is 0 Å². The Hall–Kier alpha value is -0.860. The average molecular weight is 246 g/mol. The molecule has 2 heteroatoms. The molecule has 0 aliphatic carbocycles. The fourth-order valence-electron chi connectivity index (χ4n) is 3.08. The highest BCUT2D eigenvalue weighted by Gasteiger charge is 2.30. The fraction of sp³-hybridized carbons (Fsp3) is 0.625. The summed E-state index contributed by atoms with van der Waals surface area (Å²) in [6.45, 7) is 8.85. The third-order valence-electron chi connectivity index (χ3n) is 4.35. The number of hydrogen-bond donors (Lipinski definition) is 1. The van der Waals surface area contributed by atoms with Gasteiger partial charge in [-0.2, -0.15) is 0 Å². The Bertz CT molecular complexity index is 406. The van der Waals surface area contributed by atoms with Gasteiger partial charge in [0.1, 0.15) is 0 Å². The summed E-state index contributed by atoms with van der Waals surface area (Å²) < 4.78 is 0. The summed E-state index contributed by atoms with van der Waals surface area (Å²) in [5.41, 5.74) is 12.2. The molecule has 2 N–H and O–H groups in total. The molecule has 1 aromatic rings. The Balaban J connectivity index is 2.19. The molecule has 0 saturated carbocycles. The van der Waals surface area contributed by atoms with Crippen LogP contribution in [0.4, 0.5) is 0 Å². The molecule has 18 heavy (non-hydrogen) atoms. The molecule has 0 unspecified atom stereocenters. The molecule has 1 heterocycles. The van der Waals surface area contributed by atoms with Gasteiger partial charge in [-0.1, -0.05) is 17.7 Å². The monoisotopic (exact) mass is 246 g/mol. The van der Waals surface area contributed by atoms with Crippen LogP contribution in [0.25, 0.3) is 0 Å². The first-order chi connectivity index (χ1) is 8.39. The lowest BCUT2D eigenvalue weighted by Gasteiger charge is -2.38. The number of aryl methyl sites for hydroxylation is 3. The zero-order chi connectivity index (χ0) is 13.3. The largest absolute Gasteiger partial charge is 0.325 e. The van der Waals surface area contributed by atoms with Crippen molar-refractivity contribution in [1.82, 2.24) is 4.90 Å². The standard InChI is InChI=1S/C16H26N2/c1-12-9-13(2)15(14(3)10-12)11-16(17)5-7-18(4)8-6-16/h9-10H,5-8,11,17H2,1-4H3. The van der Waals surface area contributed by atoms with E-state index in [9.17, 15) is 0 Å². The Morgan fingerprint density at radius 1 is 1.11 bits per heavy atom. The van der Waals surface area contributed by atoms with Crippen molar-refractivity contribution in [2.75, 3.05) is 20.1 Å². The summed E-state index contributed by atoms with van der Waals surface area (Å²) in [5, 5.41) is 0. The van der Waals surface area contributed by atoms with Crippen molar-refractivity contribution in [3.05, 3.63) is 34.4 Å². The van der Waals surface area contributed by atoms with E-state index in [4.69, 9.17) is 5.73 Å². The first-order valence-corrected chi connectivity index (χ1v) is 6.94. The van der Waals surface area contributed by atoms with Gasteiger partial charge in [0, 0.05) is 5.54 Å². The van der Waals surface area contributed by atoms with Gasteiger partial charge in [0.25, 0.3) is 0 Å². The SMILES string of the molecule is Cc1cc(C)c(CC2(N)CCN(C)CC2)c(C)c1. The van der Waals surface area contributed by atoms with E-state index < -0.39 is 0 Å². The minimum atomic E-state index is -0.00269. The van der Waals surface area contributed by atoms with Crippen molar-refractivity contribution >= 4 is 0 Å². The van der Waals surface area contributed by atoms with Crippen LogP contribution in [-0.4, -0.2) is 30.6 Å². The lowest BCUT2D eigenvalue weighted by molar-refractivity contribution is 0.189. The molecule has 0 radical (unpaired) electrons. The van der Waals surface area contributed by atoms with E-state index in [1.165, 1.54) is 22.3 Å². The highest BCUT2D eigenvalue weighted by atomic mass is 15.1. The quantitative estimate of drug-likeness (QED) is 0.869. The van der Waals surface area contributed by atoms with Gasteiger partial charge in [-0.25, -0.2) is 0 Å². The van der Waals surface area contributed by atoms with E-state index in [0.29, 0.717) is 0 Å². The van der Waals surface area contributed by atoms with Crippen LogP contribution in [0, 0.1) is 20.8 Å². The van der Waals surface area contributed by atoms with Crippen LogP contribution in [0.15, 0.2) is 12.1 Å². The summed E-state index contributed by atoms with van der Waals surface area (Å²) in [6.07, 6.45) is 3.24.